The molecule has 13 heteroatoms. The molecule has 0 radical (unpaired) electrons. The molecule has 10 nitrogen and oxygen atoms in total. The number of hydrogen-bond acceptors (Lipinski definition) is 10. The fourth-order valence-corrected chi connectivity index (χ4v) is 5.82. The number of aliphatic hydroxyl groups excluding tert-OH is 1. The number of halogens is 2. The maximum absolute atomic E-state index is 13.9. The Bertz CT molecular complexity index is 1630. The maximum Gasteiger partial charge on any atom is 0.191 e. The number of fused-ring (bicyclic) bond motifs is 2. The average molecular weight is 570 g/mol. The number of thioether (sulfide) groups is 1. The first-order chi connectivity index (χ1) is 21.4. The van der Waals surface area contributed by atoms with Gasteiger partial charge in [0.25, 0.3) is 0 Å². The summed E-state index contributed by atoms with van der Waals surface area (Å²) in [5.41, 5.74) is -2.11. The highest BCUT2D eigenvalue weighted by molar-refractivity contribution is 7.99. The van der Waals surface area contributed by atoms with E-state index in [0.717, 1.165) is 12.1 Å². The number of aliphatic hydroxyl groups is 1. The Labute approximate surface area is 238 Å². The van der Waals surface area contributed by atoms with Crippen LogP contribution in [0, 0.1) is 11.6 Å². The van der Waals surface area contributed by atoms with Crippen molar-refractivity contribution in [2.45, 2.75) is 87.2 Å². The van der Waals surface area contributed by atoms with Crippen LogP contribution in [-0.2, 0) is 14.2 Å². The zero-order valence-electron chi connectivity index (χ0n) is 28.1. The summed E-state index contributed by atoms with van der Waals surface area (Å²) in [7, 11) is 0. The first-order valence-corrected chi connectivity index (χ1v) is 13.4. The maximum atomic E-state index is 13.9. The van der Waals surface area contributed by atoms with E-state index in [2.05, 4.69) is 25.6 Å². The van der Waals surface area contributed by atoms with E-state index >= 15 is 0 Å². The lowest BCUT2D eigenvalue weighted by Gasteiger charge is -2.23. The summed E-state index contributed by atoms with van der Waals surface area (Å²) in [5.74, 6) is -2.98. The molecule has 0 spiro atoms. The van der Waals surface area contributed by atoms with Crippen molar-refractivity contribution in [1.29, 1.82) is 0 Å². The second-order valence-corrected chi connectivity index (χ2v) is 10.9. The topological polar surface area (TPSA) is 116 Å². The summed E-state index contributed by atoms with van der Waals surface area (Å²) >= 11 is 0.210. The third kappa shape index (κ3) is 5.22. The van der Waals surface area contributed by atoms with Crippen LogP contribution in [0.5, 0.6) is 0 Å². The second-order valence-electron chi connectivity index (χ2n) is 10.2. The van der Waals surface area contributed by atoms with E-state index in [4.69, 9.17) is 23.8 Å². The minimum Gasteiger partial charge on any atom is -0.394 e. The summed E-state index contributed by atoms with van der Waals surface area (Å²) < 4.78 is 103. The van der Waals surface area contributed by atoms with E-state index in [9.17, 15) is 13.9 Å². The highest BCUT2D eigenvalue weighted by Gasteiger charge is 2.56. The van der Waals surface area contributed by atoms with E-state index < -0.39 is 60.7 Å². The minimum atomic E-state index is -3.29. The molecule has 0 bridgehead atoms. The van der Waals surface area contributed by atoms with Gasteiger partial charge in [0.1, 0.15) is 12.2 Å². The van der Waals surface area contributed by atoms with Crippen LogP contribution < -0.4 is 5.32 Å². The molecule has 0 unspecified atom stereocenters. The summed E-state index contributed by atoms with van der Waals surface area (Å²) in [5, 5.41) is 20.9. The lowest BCUT2D eigenvalue weighted by atomic mass is 10.1. The number of nitrogens with zero attached hydrogens (tertiary/aromatic N) is 5. The normalized spacial score (nSPS) is 32.9. The van der Waals surface area contributed by atoms with Gasteiger partial charge in [-0.25, -0.2) is 23.4 Å². The minimum absolute atomic E-state index is 0.0700. The number of hydrogen-bond donors (Lipinski definition) is 2. The Morgan fingerprint density at radius 2 is 2.10 bits per heavy atom. The lowest BCUT2D eigenvalue weighted by Crippen LogP contribution is -2.31. The van der Waals surface area contributed by atoms with Crippen molar-refractivity contribution in [3.8, 4) is 0 Å². The summed E-state index contributed by atoms with van der Waals surface area (Å²) in [4.78, 5) is 8.87. The molecule has 1 aromatic carbocycles. The predicted molar refractivity (Wildman–Crippen MR) is 140 cm³/mol. The molecule has 6 rings (SSSR count). The van der Waals surface area contributed by atoms with Crippen molar-refractivity contribution in [2.24, 2.45) is 0 Å². The van der Waals surface area contributed by atoms with Crippen LogP contribution in [-0.4, -0.2) is 79.1 Å². The lowest BCUT2D eigenvalue weighted by molar-refractivity contribution is -0.171. The number of nitrogens with one attached hydrogen (secondary N) is 1. The Kier molecular flexibility index (Phi) is 5.28. The Morgan fingerprint density at radius 1 is 1.26 bits per heavy atom. The van der Waals surface area contributed by atoms with Gasteiger partial charge in [-0.3, -0.25) is 0 Å². The van der Waals surface area contributed by atoms with Crippen molar-refractivity contribution in [3.63, 3.8) is 0 Å². The van der Waals surface area contributed by atoms with Gasteiger partial charge in [-0.2, -0.15) is 0 Å². The van der Waals surface area contributed by atoms with Gasteiger partial charge < -0.3 is 24.6 Å². The third-order valence-electron chi connectivity index (χ3n) is 7.10. The van der Waals surface area contributed by atoms with E-state index in [1.165, 1.54) is 10.7 Å². The molecule has 39 heavy (non-hydrogen) atoms. The zero-order valence-corrected chi connectivity index (χ0v) is 21.9. The van der Waals surface area contributed by atoms with Crippen molar-refractivity contribution in [1.82, 2.24) is 25.0 Å². The van der Waals surface area contributed by atoms with Gasteiger partial charge in [0.05, 0.1) is 25.4 Å². The molecule has 3 aliphatic rings. The molecule has 3 aromatic rings. The summed E-state index contributed by atoms with van der Waals surface area (Å²) in [6.45, 7) is 0.0868. The van der Waals surface area contributed by atoms with Crippen molar-refractivity contribution < 1.29 is 37.7 Å². The SMILES string of the molecule is [2H]C([2H])([2H])C([2H])([2H])C([2H])([2H])Sc1nc(N[C@@H]2C[C@H]2c2ccc(F)c(F)c2)c2nnn([C@@H]3C[C@H](OCCO)[C@H]4OC(C)(C)O[C@H]43)c2n1. The number of rotatable bonds is 10. The number of ether oxygens (including phenoxy) is 3. The van der Waals surface area contributed by atoms with E-state index in [1.807, 2.05) is 0 Å². The third-order valence-corrected chi connectivity index (χ3v) is 7.67. The predicted octanol–water partition coefficient (Wildman–Crippen LogP) is 3.81. The monoisotopic (exact) mass is 569 g/mol. The molecule has 3 fully saturated rings. The van der Waals surface area contributed by atoms with Crippen LogP contribution in [0.25, 0.3) is 11.2 Å². The molecule has 1 aliphatic heterocycles. The van der Waals surface area contributed by atoms with Crippen LogP contribution in [0.1, 0.15) is 67.0 Å². The molecule has 2 aromatic heterocycles. The Morgan fingerprint density at radius 3 is 2.90 bits per heavy atom. The summed E-state index contributed by atoms with van der Waals surface area (Å²) in [6, 6.07) is 2.82. The summed E-state index contributed by atoms with van der Waals surface area (Å²) in [6.07, 6.45) is -3.96. The number of benzene rings is 1. The number of aromatic nitrogens is 5. The van der Waals surface area contributed by atoms with E-state index in [0.29, 0.717) is 18.4 Å². The van der Waals surface area contributed by atoms with Gasteiger partial charge in [0.15, 0.2) is 39.6 Å². The molecular formula is C26H32F2N6O4S. The van der Waals surface area contributed by atoms with Crippen LogP contribution in [0.4, 0.5) is 14.6 Å². The van der Waals surface area contributed by atoms with Gasteiger partial charge in [-0.05, 0) is 44.3 Å². The zero-order chi connectivity index (χ0) is 33.4. The molecule has 1 saturated heterocycles. The molecule has 2 N–H and O–H groups in total. The van der Waals surface area contributed by atoms with Gasteiger partial charge in [-0.1, -0.05) is 29.9 Å². The first kappa shape index (κ1) is 19.6. The van der Waals surface area contributed by atoms with Gasteiger partial charge in [0, 0.05) is 33.7 Å². The molecule has 0 amide bonds. The molecule has 210 valence electrons. The van der Waals surface area contributed by atoms with Crippen LogP contribution in [0.15, 0.2) is 23.4 Å². The van der Waals surface area contributed by atoms with E-state index in [-0.39, 0.29) is 59.1 Å². The Hall–Kier alpha value is -2.45. The molecule has 3 heterocycles. The molecule has 6 atom stereocenters. The second kappa shape index (κ2) is 10.5. The quantitative estimate of drug-likeness (QED) is 0.276. The van der Waals surface area contributed by atoms with Crippen LogP contribution in [0.2, 0.25) is 0 Å². The van der Waals surface area contributed by atoms with Crippen molar-refractivity contribution in [2.75, 3.05) is 24.2 Å². The fourth-order valence-electron chi connectivity index (χ4n) is 5.41. The standard InChI is InChI=1S/C26H32F2N6O4S/c1-4-9-39-25-30-23(29-17-11-14(17)13-5-6-15(27)16(28)10-13)20-24(31-25)34(33-32-20)18-12-19(36-8-7-35)22-21(18)37-26(2,3)38-22/h5-6,10,14,17-19,21-22,35H,4,7-9,11-12H2,1-3H3,(H,29,30,31)/t14-,17+,18+,19-,21-,22+/m0/s1/i1D3,4D2,9D2. The first-order valence-electron chi connectivity index (χ1n) is 16.0. The van der Waals surface area contributed by atoms with Gasteiger partial charge in [0.2, 0.25) is 0 Å². The smallest absolute Gasteiger partial charge is 0.191 e. The number of anilines is 1. The molecule has 2 aliphatic carbocycles. The van der Waals surface area contributed by atoms with Gasteiger partial charge >= 0.3 is 0 Å². The van der Waals surface area contributed by atoms with Crippen molar-refractivity contribution >= 4 is 28.7 Å². The van der Waals surface area contributed by atoms with Gasteiger partial charge in [-0.15, -0.1) is 5.10 Å². The van der Waals surface area contributed by atoms with Crippen LogP contribution >= 0.6 is 11.8 Å². The van der Waals surface area contributed by atoms with E-state index in [1.54, 1.807) is 13.8 Å². The largest absolute Gasteiger partial charge is 0.394 e. The highest BCUT2D eigenvalue weighted by atomic mass is 32.2. The molecule has 2 saturated carbocycles. The Balaban J connectivity index is 1.38. The highest BCUT2D eigenvalue weighted by Crippen LogP contribution is 2.46. The van der Waals surface area contributed by atoms with Crippen molar-refractivity contribution in [3.05, 3.63) is 35.4 Å². The molecular weight excluding hydrogens is 530 g/mol. The van der Waals surface area contributed by atoms with Crippen LogP contribution in [0.3, 0.4) is 0 Å². The average Bonchev–Trinajstić information content (AvgIpc) is 3.29. The fraction of sp³-hybridized carbons (Fsp3) is 0.615.